The van der Waals surface area contributed by atoms with Crippen molar-refractivity contribution in [2.45, 2.75) is 32.6 Å². The molecule has 1 nitrogen and oxygen atoms in total. The first-order valence-corrected chi connectivity index (χ1v) is 6.82. The molecule has 0 fully saturated rings. The smallest absolute Gasteiger partial charge is 0.306 e. The van der Waals surface area contributed by atoms with Gasteiger partial charge in [0.2, 0.25) is 0 Å². The van der Waals surface area contributed by atoms with Gasteiger partial charge in [0, 0.05) is 12.6 Å². The Kier molecular flexibility index (Phi) is 4.68. The third-order valence-electron chi connectivity index (χ3n) is 3.41. The summed E-state index contributed by atoms with van der Waals surface area (Å²) in [5.41, 5.74) is 2.32. The molecular weight excluding hydrogens is 275 g/mol. The largest absolute Gasteiger partial charge is 0.416 e. The van der Waals surface area contributed by atoms with Gasteiger partial charge < -0.3 is 5.32 Å². The van der Waals surface area contributed by atoms with Gasteiger partial charge in [0.05, 0.1) is 5.56 Å². The molecule has 0 aromatic heterocycles. The molecule has 0 radical (unpaired) electrons. The maximum atomic E-state index is 12.7. The maximum Gasteiger partial charge on any atom is 0.416 e. The van der Waals surface area contributed by atoms with E-state index in [1.54, 1.807) is 6.07 Å². The van der Waals surface area contributed by atoms with Crippen molar-refractivity contribution in [1.82, 2.24) is 5.32 Å². The highest BCUT2D eigenvalue weighted by atomic mass is 19.4. The molecule has 1 unspecified atom stereocenters. The molecule has 4 heteroatoms. The van der Waals surface area contributed by atoms with Crippen molar-refractivity contribution < 1.29 is 13.2 Å². The van der Waals surface area contributed by atoms with Crippen molar-refractivity contribution in [3.05, 3.63) is 70.8 Å². The van der Waals surface area contributed by atoms with Crippen LogP contribution in [0.25, 0.3) is 0 Å². The second kappa shape index (κ2) is 6.31. The molecule has 2 aromatic rings. The number of hydrogen-bond donors (Lipinski definition) is 1. The molecule has 0 aliphatic heterocycles. The zero-order chi connectivity index (χ0) is 15.5. The molecule has 2 aromatic carbocycles. The Morgan fingerprint density at radius 1 is 1.05 bits per heavy atom. The molecule has 1 N–H and O–H groups in total. The van der Waals surface area contributed by atoms with E-state index in [1.807, 2.05) is 32.0 Å². The fraction of sp³-hybridized carbons (Fsp3) is 0.294. The highest BCUT2D eigenvalue weighted by molar-refractivity contribution is 5.28. The van der Waals surface area contributed by atoms with Gasteiger partial charge in [0.25, 0.3) is 0 Å². The number of aryl methyl sites for hydroxylation is 1. The second-order valence-corrected chi connectivity index (χ2v) is 5.21. The van der Waals surface area contributed by atoms with Crippen LogP contribution >= 0.6 is 0 Å². The average Bonchev–Trinajstić information content (AvgIpc) is 2.44. The average molecular weight is 293 g/mol. The van der Waals surface area contributed by atoms with E-state index in [-0.39, 0.29) is 6.04 Å². The van der Waals surface area contributed by atoms with Crippen LogP contribution in [0.15, 0.2) is 48.5 Å². The summed E-state index contributed by atoms with van der Waals surface area (Å²) in [6.45, 7) is 4.50. The van der Waals surface area contributed by atoms with E-state index >= 15 is 0 Å². The summed E-state index contributed by atoms with van der Waals surface area (Å²) in [4.78, 5) is 0. The first-order valence-electron chi connectivity index (χ1n) is 6.82. The van der Waals surface area contributed by atoms with Gasteiger partial charge in [-0.3, -0.25) is 0 Å². The Labute approximate surface area is 122 Å². The lowest BCUT2D eigenvalue weighted by Crippen LogP contribution is -2.18. The lowest BCUT2D eigenvalue weighted by Gasteiger charge is -2.16. The summed E-state index contributed by atoms with van der Waals surface area (Å²) in [6, 6.07) is 13.4. The van der Waals surface area contributed by atoms with Gasteiger partial charge in [-0.2, -0.15) is 13.2 Å². The first kappa shape index (κ1) is 15.6. The minimum absolute atomic E-state index is 0.146. The Bertz CT molecular complexity index is 605. The number of halogens is 3. The first-order chi connectivity index (χ1) is 9.86. The van der Waals surface area contributed by atoms with E-state index in [9.17, 15) is 13.2 Å². The number of rotatable bonds is 4. The summed E-state index contributed by atoms with van der Waals surface area (Å²) in [7, 11) is 0. The molecule has 0 aliphatic carbocycles. The van der Waals surface area contributed by atoms with Gasteiger partial charge in [-0.1, -0.05) is 42.0 Å². The van der Waals surface area contributed by atoms with Crippen molar-refractivity contribution in [3.8, 4) is 0 Å². The Morgan fingerprint density at radius 2 is 1.76 bits per heavy atom. The molecule has 0 aliphatic rings. The van der Waals surface area contributed by atoms with Gasteiger partial charge >= 0.3 is 6.18 Å². The monoisotopic (exact) mass is 293 g/mol. The van der Waals surface area contributed by atoms with E-state index in [0.717, 1.165) is 11.6 Å². The fourth-order valence-electron chi connectivity index (χ4n) is 2.20. The van der Waals surface area contributed by atoms with Crippen molar-refractivity contribution in [2.24, 2.45) is 0 Å². The van der Waals surface area contributed by atoms with Crippen LogP contribution in [0.2, 0.25) is 0 Å². The fourth-order valence-corrected chi connectivity index (χ4v) is 2.20. The normalized spacial score (nSPS) is 13.2. The summed E-state index contributed by atoms with van der Waals surface area (Å²) < 4.78 is 38.1. The van der Waals surface area contributed by atoms with Gasteiger partial charge in [-0.25, -0.2) is 0 Å². The standard InChI is InChI=1S/C17H18F3N/c1-12-5-3-6-14(9-12)11-21-13(2)15-7-4-8-16(10-15)17(18,19)20/h3-10,13,21H,11H2,1-2H3. The highest BCUT2D eigenvalue weighted by Gasteiger charge is 2.30. The molecule has 0 saturated carbocycles. The zero-order valence-electron chi connectivity index (χ0n) is 12.0. The van der Waals surface area contributed by atoms with Crippen LogP contribution in [0.5, 0.6) is 0 Å². The molecule has 2 rings (SSSR count). The number of nitrogens with one attached hydrogen (secondary N) is 1. The van der Waals surface area contributed by atoms with E-state index in [0.29, 0.717) is 12.1 Å². The topological polar surface area (TPSA) is 12.0 Å². The van der Waals surface area contributed by atoms with Crippen LogP contribution in [0.3, 0.4) is 0 Å². The second-order valence-electron chi connectivity index (χ2n) is 5.21. The van der Waals surface area contributed by atoms with E-state index < -0.39 is 11.7 Å². The Morgan fingerprint density at radius 3 is 2.43 bits per heavy atom. The SMILES string of the molecule is Cc1cccc(CNC(C)c2cccc(C(F)(F)F)c2)c1. The lowest BCUT2D eigenvalue weighted by molar-refractivity contribution is -0.137. The number of benzene rings is 2. The number of hydrogen-bond acceptors (Lipinski definition) is 1. The van der Waals surface area contributed by atoms with Crippen molar-refractivity contribution >= 4 is 0 Å². The van der Waals surface area contributed by atoms with Crippen molar-refractivity contribution in [2.75, 3.05) is 0 Å². The number of alkyl halides is 3. The Hall–Kier alpha value is -1.81. The van der Waals surface area contributed by atoms with E-state index in [4.69, 9.17) is 0 Å². The third kappa shape index (κ3) is 4.33. The minimum atomic E-state index is -4.30. The Balaban J connectivity index is 2.05. The van der Waals surface area contributed by atoms with Crippen molar-refractivity contribution in [3.63, 3.8) is 0 Å². The predicted octanol–water partition coefficient (Wildman–Crippen LogP) is 4.86. The molecule has 0 heterocycles. The minimum Gasteiger partial charge on any atom is -0.306 e. The lowest BCUT2D eigenvalue weighted by atomic mass is 10.0. The molecular formula is C17H18F3N. The molecule has 0 saturated heterocycles. The van der Waals surface area contributed by atoms with Crippen LogP contribution in [0.1, 0.15) is 35.2 Å². The van der Waals surface area contributed by atoms with Gasteiger partial charge in [0.15, 0.2) is 0 Å². The van der Waals surface area contributed by atoms with Gasteiger partial charge in [0.1, 0.15) is 0 Å². The summed E-state index contributed by atoms with van der Waals surface area (Å²) >= 11 is 0. The van der Waals surface area contributed by atoms with E-state index in [1.165, 1.54) is 17.7 Å². The van der Waals surface area contributed by atoms with Crippen LogP contribution in [-0.2, 0) is 12.7 Å². The van der Waals surface area contributed by atoms with Crippen LogP contribution in [-0.4, -0.2) is 0 Å². The van der Waals surface area contributed by atoms with Crippen LogP contribution < -0.4 is 5.32 Å². The van der Waals surface area contributed by atoms with Gasteiger partial charge in [-0.05, 0) is 37.1 Å². The molecule has 21 heavy (non-hydrogen) atoms. The maximum absolute atomic E-state index is 12.7. The molecule has 0 bridgehead atoms. The molecule has 0 spiro atoms. The quantitative estimate of drug-likeness (QED) is 0.848. The third-order valence-corrected chi connectivity index (χ3v) is 3.41. The summed E-state index contributed by atoms with van der Waals surface area (Å²) in [6.07, 6.45) is -4.30. The van der Waals surface area contributed by atoms with Crippen LogP contribution in [0.4, 0.5) is 13.2 Å². The predicted molar refractivity (Wildman–Crippen MR) is 77.9 cm³/mol. The summed E-state index contributed by atoms with van der Waals surface area (Å²) in [5.74, 6) is 0. The zero-order valence-corrected chi connectivity index (χ0v) is 12.0. The molecule has 112 valence electrons. The summed E-state index contributed by atoms with van der Waals surface area (Å²) in [5, 5.41) is 3.25. The molecule has 1 atom stereocenters. The van der Waals surface area contributed by atoms with Crippen LogP contribution in [0, 0.1) is 6.92 Å². The van der Waals surface area contributed by atoms with Crippen molar-refractivity contribution in [1.29, 1.82) is 0 Å². The highest BCUT2D eigenvalue weighted by Crippen LogP contribution is 2.30. The van der Waals surface area contributed by atoms with E-state index in [2.05, 4.69) is 11.4 Å². The molecule has 0 amide bonds. The van der Waals surface area contributed by atoms with Gasteiger partial charge in [-0.15, -0.1) is 0 Å².